The maximum absolute atomic E-state index is 11.4. The Hall–Kier alpha value is -1.59. The first-order chi connectivity index (χ1) is 8.72. The lowest BCUT2D eigenvalue weighted by molar-refractivity contribution is 0.0563. The molecule has 0 fully saturated rings. The molecular formula is C13H15NO3S. The van der Waals surface area contributed by atoms with E-state index in [9.17, 15) is 4.79 Å². The van der Waals surface area contributed by atoms with E-state index in [0.717, 1.165) is 5.56 Å². The second kappa shape index (κ2) is 5.84. The minimum Gasteiger partial charge on any atom is -0.463 e. The Balaban J connectivity index is 1.98. The van der Waals surface area contributed by atoms with Gasteiger partial charge in [-0.2, -0.15) is 0 Å². The molecule has 0 aliphatic heterocycles. The number of thiophene rings is 1. The molecule has 0 amide bonds. The molecule has 2 aromatic heterocycles. The highest BCUT2D eigenvalue weighted by Crippen LogP contribution is 2.19. The van der Waals surface area contributed by atoms with Crippen LogP contribution in [0, 0.1) is 0 Å². The Morgan fingerprint density at radius 3 is 3.06 bits per heavy atom. The summed E-state index contributed by atoms with van der Waals surface area (Å²) in [5.41, 5.74) is 0.810. The third kappa shape index (κ3) is 2.80. The highest BCUT2D eigenvalue weighted by molar-refractivity contribution is 7.10. The lowest BCUT2D eigenvalue weighted by atomic mass is 10.2. The number of nitrogens with one attached hydrogen (secondary N) is 1. The Morgan fingerprint density at radius 1 is 1.56 bits per heavy atom. The largest absolute Gasteiger partial charge is 0.463 e. The molecule has 5 heteroatoms. The summed E-state index contributed by atoms with van der Waals surface area (Å²) in [6.45, 7) is 2.66. The van der Waals surface area contributed by atoms with Crippen molar-refractivity contribution in [3.8, 4) is 0 Å². The first-order valence-corrected chi connectivity index (χ1v) is 6.51. The lowest BCUT2D eigenvalue weighted by Gasteiger charge is -2.11. The molecule has 2 rings (SSSR count). The number of furan rings is 1. The molecule has 96 valence electrons. The average Bonchev–Trinajstić information content (AvgIpc) is 3.05. The Bertz CT molecular complexity index is 504. The first kappa shape index (κ1) is 12.9. The third-order valence-electron chi connectivity index (χ3n) is 2.69. The summed E-state index contributed by atoms with van der Waals surface area (Å²) in [5, 5.41) is 5.40. The van der Waals surface area contributed by atoms with Crippen molar-refractivity contribution in [2.75, 3.05) is 7.11 Å². The van der Waals surface area contributed by atoms with Crippen LogP contribution in [0.3, 0.4) is 0 Å². The van der Waals surface area contributed by atoms with Crippen molar-refractivity contribution in [3.05, 3.63) is 46.0 Å². The molecule has 2 aromatic rings. The monoisotopic (exact) mass is 265 g/mol. The summed E-state index contributed by atoms with van der Waals surface area (Å²) in [4.78, 5) is 12.7. The maximum Gasteiger partial charge on any atom is 0.374 e. The smallest absolute Gasteiger partial charge is 0.374 e. The van der Waals surface area contributed by atoms with Crippen LogP contribution >= 0.6 is 11.3 Å². The molecule has 0 saturated heterocycles. The summed E-state index contributed by atoms with van der Waals surface area (Å²) >= 11 is 1.71. The number of methoxy groups -OCH3 is 1. The van der Waals surface area contributed by atoms with Crippen LogP contribution in [-0.4, -0.2) is 13.1 Å². The van der Waals surface area contributed by atoms with Gasteiger partial charge in [0.05, 0.1) is 13.4 Å². The zero-order valence-electron chi connectivity index (χ0n) is 10.3. The SMILES string of the molecule is COC(=O)c1occc1CNC(C)c1cccs1. The molecule has 1 N–H and O–H groups in total. The fourth-order valence-corrected chi connectivity index (χ4v) is 2.41. The van der Waals surface area contributed by atoms with E-state index >= 15 is 0 Å². The predicted molar refractivity (Wildman–Crippen MR) is 69.6 cm³/mol. The van der Waals surface area contributed by atoms with E-state index in [0.29, 0.717) is 6.54 Å². The van der Waals surface area contributed by atoms with Gasteiger partial charge in [-0.05, 0) is 24.4 Å². The van der Waals surface area contributed by atoms with Crippen LogP contribution in [0.5, 0.6) is 0 Å². The van der Waals surface area contributed by atoms with Crippen molar-refractivity contribution in [1.82, 2.24) is 5.32 Å². The fraction of sp³-hybridized carbons (Fsp3) is 0.308. The van der Waals surface area contributed by atoms with Crippen LogP contribution in [0.15, 0.2) is 34.3 Å². The van der Waals surface area contributed by atoms with Gasteiger partial charge in [0.15, 0.2) is 0 Å². The second-order valence-corrected chi connectivity index (χ2v) is 4.86. The number of esters is 1. The highest BCUT2D eigenvalue weighted by atomic mass is 32.1. The molecule has 1 atom stereocenters. The Kier molecular flexibility index (Phi) is 4.17. The van der Waals surface area contributed by atoms with Crippen LogP contribution in [0.25, 0.3) is 0 Å². The average molecular weight is 265 g/mol. The van der Waals surface area contributed by atoms with Crippen LogP contribution in [0.2, 0.25) is 0 Å². The van der Waals surface area contributed by atoms with E-state index in [1.807, 2.05) is 11.4 Å². The third-order valence-corrected chi connectivity index (χ3v) is 3.74. The summed E-state index contributed by atoms with van der Waals surface area (Å²) in [7, 11) is 1.34. The number of carbonyl (C=O) groups excluding carboxylic acids is 1. The van der Waals surface area contributed by atoms with Crippen molar-refractivity contribution < 1.29 is 13.9 Å². The zero-order valence-corrected chi connectivity index (χ0v) is 11.1. The zero-order chi connectivity index (χ0) is 13.0. The molecule has 0 bridgehead atoms. The van der Waals surface area contributed by atoms with Crippen molar-refractivity contribution in [2.24, 2.45) is 0 Å². The minimum absolute atomic E-state index is 0.241. The Morgan fingerprint density at radius 2 is 2.39 bits per heavy atom. The maximum atomic E-state index is 11.4. The van der Waals surface area contributed by atoms with E-state index < -0.39 is 5.97 Å². The van der Waals surface area contributed by atoms with Gasteiger partial charge in [-0.15, -0.1) is 11.3 Å². The number of carbonyl (C=O) groups is 1. The molecule has 0 aromatic carbocycles. The predicted octanol–water partition coefficient (Wildman–Crippen LogP) is 2.98. The standard InChI is InChI=1S/C13H15NO3S/c1-9(11-4-3-7-18-11)14-8-10-5-6-17-12(10)13(15)16-2/h3-7,9,14H,8H2,1-2H3. The molecule has 4 nitrogen and oxygen atoms in total. The molecule has 0 saturated carbocycles. The van der Waals surface area contributed by atoms with Crippen LogP contribution < -0.4 is 5.32 Å². The van der Waals surface area contributed by atoms with Crippen molar-refractivity contribution in [2.45, 2.75) is 19.5 Å². The van der Waals surface area contributed by atoms with Crippen LogP contribution in [0.4, 0.5) is 0 Å². The van der Waals surface area contributed by atoms with Crippen molar-refractivity contribution >= 4 is 17.3 Å². The van der Waals surface area contributed by atoms with Crippen molar-refractivity contribution in [1.29, 1.82) is 0 Å². The molecule has 0 radical (unpaired) electrons. The second-order valence-electron chi connectivity index (χ2n) is 3.88. The van der Waals surface area contributed by atoms with Gasteiger partial charge in [-0.3, -0.25) is 0 Å². The molecule has 2 heterocycles. The fourth-order valence-electron chi connectivity index (χ4n) is 1.65. The van der Waals surface area contributed by atoms with Crippen molar-refractivity contribution in [3.63, 3.8) is 0 Å². The summed E-state index contributed by atoms with van der Waals surface area (Å²) in [6, 6.07) is 6.13. The van der Waals surface area contributed by atoms with Crippen LogP contribution in [-0.2, 0) is 11.3 Å². The van der Waals surface area contributed by atoms with Gasteiger partial charge in [-0.1, -0.05) is 6.07 Å². The molecule has 18 heavy (non-hydrogen) atoms. The summed E-state index contributed by atoms with van der Waals surface area (Å²) in [5.74, 6) is -0.177. The van der Waals surface area contributed by atoms with Crippen LogP contribution in [0.1, 0.15) is 34.0 Å². The molecule has 0 spiro atoms. The quantitative estimate of drug-likeness (QED) is 0.844. The van der Waals surface area contributed by atoms with Gasteiger partial charge in [0, 0.05) is 23.0 Å². The topological polar surface area (TPSA) is 51.5 Å². The van der Waals surface area contributed by atoms with Gasteiger partial charge in [0.1, 0.15) is 0 Å². The normalized spacial score (nSPS) is 12.3. The van der Waals surface area contributed by atoms with Gasteiger partial charge >= 0.3 is 5.97 Å². The molecular weight excluding hydrogens is 250 g/mol. The van der Waals surface area contributed by atoms with E-state index in [2.05, 4.69) is 23.0 Å². The van der Waals surface area contributed by atoms with Gasteiger partial charge in [0.2, 0.25) is 5.76 Å². The van der Waals surface area contributed by atoms with Gasteiger partial charge < -0.3 is 14.5 Å². The van der Waals surface area contributed by atoms with E-state index in [1.54, 1.807) is 17.4 Å². The van der Waals surface area contributed by atoms with E-state index in [1.165, 1.54) is 18.3 Å². The minimum atomic E-state index is -0.444. The van der Waals surface area contributed by atoms with Gasteiger partial charge in [-0.25, -0.2) is 4.79 Å². The highest BCUT2D eigenvalue weighted by Gasteiger charge is 2.16. The molecule has 0 aliphatic rings. The van der Waals surface area contributed by atoms with E-state index in [4.69, 9.17) is 4.42 Å². The number of ether oxygens (including phenoxy) is 1. The number of hydrogen-bond acceptors (Lipinski definition) is 5. The number of rotatable bonds is 5. The molecule has 0 aliphatic carbocycles. The van der Waals surface area contributed by atoms with Gasteiger partial charge in [0.25, 0.3) is 0 Å². The molecule has 1 unspecified atom stereocenters. The number of hydrogen-bond donors (Lipinski definition) is 1. The van der Waals surface area contributed by atoms with E-state index in [-0.39, 0.29) is 11.8 Å². The lowest BCUT2D eigenvalue weighted by Crippen LogP contribution is -2.18. The summed E-state index contributed by atoms with van der Waals surface area (Å²) < 4.78 is 9.78. The summed E-state index contributed by atoms with van der Waals surface area (Å²) in [6.07, 6.45) is 1.50. The Labute approximate surface area is 110 Å². The first-order valence-electron chi connectivity index (χ1n) is 5.64.